The number of nitrogens with zero attached hydrogens (tertiary/aromatic N) is 2. The summed E-state index contributed by atoms with van der Waals surface area (Å²) in [5, 5.41) is 10.2. The molecule has 3 rings (SSSR count). The van der Waals surface area contributed by atoms with E-state index in [1.165, 1.54) is 16.5 Å². The van der Waals surface area contributed by atoms with Crippen molar-refractivity contribution in [2.75, 3.05) is 13.1 Å². The number of piperidine rings is 1. The fraction of sp³-hybridized carbons (Fsp3) is 0.471. The molecule has 0 aliphatic carbocycles. The predicted octanol–water partition coefficient (Wildman–Crippen LogP) is 3.68. The molecule has 2 heterocycles. The number of H-pyrrole nitrogens is 1. The molecule has 1 aliphatic heterocycles. The van der Waals surface area contributed by atoms with Gasteiger partial charge in [0.15, 0.2) is 0 Å². The predicted molar refractivity (Wildman–Crippen MR) is 81.1 cm³/mol. The molecule has 1 fully saturated rings. The quantitative estimate of drug-likeness (QED) is 0.921. The highest BCUT2D eigenvalue weighted by Crippen LogP contribution is 2.34. The highest BCUT2D eigenvalue weighted by molar-refractivity contribution is 5.79. The van der Waals surface area contributed by atoms with Gasteiger partial charge in [-0.15, -0.1) is 0 Å². The largest absolute Gasteiger partial charge is 0.361 e. The minimum Gasteiger partial charge on any atom is -0.361 e. The minimum atomic E-state index is 0.231. The average molecular weight is 267 g/mol. The van der Waals surface area contributed by atoms with Crippen LogP contribution in [-0.4, -0.2) is 23.0 Å². The first-order chi connectivity index (χ1) is 9.68. The highest BCUT2D eigenvalue weighted by atomic mass is 15.1. The van der Waals surface area contributed by atoms with Crippen molar-refractivity contribution in [1.29, 1.82) is 5.26 Å². The number of fused-ring (bicyclic) bond motifs is 1. The minimum absolute atomic E-state index is 0.231. The molecule has 104 valence electrons. The summed E-state index contributed by atoms with van der Waals surface area (Å²) in [4.78, 5) is 5.78. The third-order valence-electron chi connectivity index (χ3n) is 4.59. The van der Waals surface area contributed by atoms with Gasteiger partial charge in [0, 0.05) is 24.7 Å². The van der Waals surface area contributed by atoms with Crippen molar-refractivity contribution in [3.8, 4) is 6.07 Å². The first kappa shape index (κ1) is 13.2. The molecule has 0 atom stereocenters. The molecule has 1 aliphatic rings. The fourth-order valence-electron chi connectivity index (χ4n) is 3.07. The van der Waals surface area contributed by atoms with Crippen molar-refractivity contribution in [3.63, 3.8) is 0 Å². The van der Waals surface area contributed by atoms with Crippen LogP contribution in [0.3, 0.4) is 0 Å². The van der Waals surface area contributed by atoms with E-state index in [1.54, 1.807) is 0 Å². The molecule has 1 aromatic heterocycles. The highest BCUT2D eigenvalue weighted by Gasteiger charge is 2.29. The molecule has 0 spiro atoms. The van der Waals surface area contributed by atoms with Crippen LogP contribution >= 0.6 is 0 Å². The Balaban J connectivity index is 1.63. The van der Waals surface area contributed by atoms with Gasteiger partial charge >= 0.3 is 0 Å². The topological polar surface area (TPSA) is 42.8 Å². The maximum absolute atomic E-state index is 8.90. The molecule has 2 aromatic rings. The zero-order valence-electron chi connectivity index (χ0n) is 12.0. The van der Waals surface area contributed by atoms with E-state index >= 15 is 0 Å². The lowest BCUT2D eigenvalue weighted by Crippen LogP contribution is -2.38. The Labute approximate surface area is 120 Å². The third kappa shape index (κ3) is 2.71. The van der Waals surface area contributed by atoms with E-state index < -0.39 is 0 Å². The summed E-state index contributed by atoms with van der Waals surface area (Å²) in [6, 6.07) is 11.1. The Morgan fingerprint density at radius 3 is 2.85 bits per heavy atom. The normalized spacial score (nSPS) is 19.0. The summed E-state index contributed by atoms with van der Waals surface area (Å²) in [6.07, 6.45) is 4.94. The van der Waals surface area contributed by atoms with E-state index in [9.17, 15) is 0 Å². The summed E-state index contributed by atoms with van der Waals surface area (Å²) < 4.78 is 0. The van der Waals surface area contributed by atoms with Crippen LogP contribution in [0.4, 0.5) is 0 Å². The van der Waals surface area contributed by atoms with Gasteiger partial charge in [0.25, 0.3) is 0 Å². The molecule has 0 saturated carbocycles. The monoisotopic (exact) mass is 267 g/mol. The lowest BCUT2D eigenvalue weighted by atomic mass is 9.78. The second-order valence-corrected chi connectivity index (χ2v) is 6.32. The average Bonchev–Trinajstić information content (AvgIpc) is 2.89. The number of nitriles is 1. The van der Waals surface area contributed by atoms with Crippen molar-refractivity contribution in [2.45, 2.75) is 32.7 Å². The molecule has 3 heteroatoms. The molecule has 20 heavy (non-hydrogen) atoms. The number of hydrogen-bond acceptors (Lipinski definition) is 2. The summed E-state index contributed by atoms with van der Waals surface area (Å²) in [5.74, 6) is 0. The van der Waals surface area contributed by atoms with Crippen LogP contribution in [0.5, 0.6) is 0 Å². The standard InChI is InChI=1S/C17H21N3/c1-17(5-8-18)6-10-20(11-7-17)13-14-2-3-15-4-9-19-16(15)12-14/h2-4,9,12,19H,5-7,10-11,13H2,1H3. The lowest BCUT2D eigenvalue weighted by Gasteiger charge is -2.38. The van der Waals surface area contributed by atoms with E-state index in [1.807, 2.05) is 6.20 Å². The third-order valence-corrected chi connectivity index (χ3v) is 4.59. The van der Waals surface area contributed by atoms with Crippen molar-refractivity contribution in [1.82, 2.24) is 9.88 Å². The summed E-state index contributed by atoms with van der Waals surface area (Å²) >= 11 is 0. The van der Waals surface area contributed by atoms with Gasteiger partial charge in [-0.3, -0.25) is 4.90 Å². The maximum atomic E-state index is 8.90. The second-order valence-electron chi connectivity index (χ2n) is 6.32. The van der Waals surface area contributed by atoms with Crippen molar-refractivity contribution in [3.05, 3.63) is 36.0 Å². The maximum Gasteiger partial charge on any atom is 0.0627 e. The lowest BCUT2D eigenvalue weighted by molar-refractivity contribution is 0.116. The second kappa shape index (κ2) is 5.30. The molecule has 0 bridgehead atoms. The Bertz CT molecular complexity index is 627. The molecule has 1 aromatic carbocycles. The van der Waals surface area contributed by atoms with Gasteiger partial charge in [-0.05, 0) is 54.4 Å². The Hall–Kier alpha value is -1.79. The van der Waals surface area contributed by atoms with Gasteiger partial charge in [0.05, 0.1) is 6.07 Å². The van der Waals surface area contributed by atoms with Crippen LogP contribution < -0.4 is 0 Å². The van der Waals surface area contributed by atoms with Gasteiger partial charge in [-0.25, -0.2) is 0 Å². The van der Waals surface area contributed by atoms with E-state index in [-0.39, 0.29) is 5.41 Å². The smallest absolute Gasteiger partial charge is 0.0627 e. The van der Waals surface area contributed by atoms with Crippen LogP contribution in [0, 0.1) is 16.7 Å². The van der Waals surface area contributed by atoms with Gasteiger partial charge in [-0.1, -0.05) is 19.1 Å². The van der Waals surface area contributed by atoms with E-state index in [2.05, 4.69) is 47.1 Å². The van der Waals surface area contributed by atoms with Gasteiger partial charge < -0.3 is 4.98 Å². The van der Waals surface area contributed by atoms with Gasteiger partial charge in [-0.2, -0.15) is 5.26 Å². The molecule has 1 saturated heterocycles. The van der Waals surface area contributed by atoms with Gasteiger partial charge in [0.2, 0.25) is 0 Å². The van der Waals surface area contributed by atoms with Crippen molar-refractivity contribution < 1.29 is 0 Å². The number of aromatic nitrogens is 1. The molecular formula is C17H21N3. The number of rotatable bonds is 3. The fourth-order valence-corrected chi connectivity index (χ4v) is 3.07. The molecule has 1 N–H and O–H groups in total. The Morgan fingerprint density at radius 2 is 2.10 bits per heavy atom. The van der Waals surface area contributed by atoms with Crippen LogP contribution in [0.2, 0.25) is 0 Å². The number of likely N-dealkylation sites (tertiary alicyclic amines) is 1. The summed E-state index contributed by atoms with van der Waals surface area (Å²) in [5.41, 5.74) is 2.81. The first-order valence-corrected chi connectivity index (χ1v) is 7.34. The Morgan fingerprint density at radius 1 is 1.30 bits per heavy atom. The Kier molecular flexibility index (Phi) is 3.50. The summed E-state index contributed by atoms with van der Waals surface area (Å²) in [6.45, 7) is 5.46. The molecular weight excluding hydrogens is 246 g/mol. The first-order valence-electron chi connectivity index (χ1n) is 7.34. The summed E-state index contributed by atoms with van der Waals surface area (Å²) in [7, 11) is 0. The number of hydrogen-bond donors (Lipinski definition) is 1. The van der Waals surface area contributed by atoms with Gasteiger partial charge in [0.1, 0.15) is 0 Å². The van der Waals surface area contributed by atoms with E-state index in [4.69, 9.17) is 5.26 Å². The van der Waals surface area contributed by atoms with Crippen LogP contribution in [0.15, 0.2) is 30.5 Å². The van der Waals surface area contributed by atoms with Crippen LogP contribution in [-0.2, 0) is 6.54 Å². The number of aromatic amines is 1. The van der Waals surface area contributed by atoms with E-state index in [0.29, 0.717) is 6.42 Å². The van der Waals surface area contributed by atoms with Crippen molar-refractivity contribution >= 4 is 10.9 Å². The number of nitrogens with one attached hydrogen (secondary N) is 1. The SMILES string of the molecule is CC1(CC#N)CCN(Cc2ccc3cc[nH]c3c2)CC1. The molecule has 0 unspecified atom stereocenters. The number of benzene rings is 1. The van der Waals surface area contributed by atoms with Crippen molar-refractivity contribution in [2.24, 2.45) is 5.41 Å². The molecule has 0 radical (unpaired) electrons. The van der Waals surface area contributed by atoms with Crippen LogP contribution in [0.1, 0.15) is 31.7 Å². The van der Waals surface area contributed by atoms with E-state index in [0.717, 1.165) is 32.5 Å². The molecule has 3 nitrogen and oxygen atoms in total. The van der Waals surface area contributed by atoms with Crippen LogP contribution in [0.25, 0.3) is 10.9 Å². The zero-order chi connectivity index (χ0) is 14.0. The zero-order valence-corrected chi connectivity index (χ0v) is 12.0. The molecule has 0 amide bonds.